The molecule has 3 atom stereocenters. The molecule has 8 nitrogen and oxygen atoms in total. The zero-order valence-electron chi connectivity index (χ0n) is 15.8. The first-order valence-electron chi connectivity index (χ1n) is 8.86. The Kier molecular flexibility index (Phi) is 8.32. The third-order valence-corrected chi connectivity index (χ3v) is 3.89. The van der Waals surface area contributed by atoms with E-state index in [0.717, 1.165) is 6.92 Å². The van der Waals surface area contributed by atoms with Crippen molar-refractivity contribution in [3.63, 3.8) is 0 Å². The smallest absolute Gasteiger partial charge is 0.338 e. The van der Waals surface area contributed by atoms with E-state index < -0.39 is 49.4 Å². The quantitative estimate of drug-likeness (QED) is 0.477. The van der Waals surface area contributed by atoms with E-state index in [1.54, 1.807) is 36.4 Å². The second-order valence-electron chi connectivity index (χ2n) is 6.13. The SMILES string of the molecule is CC(=O)OCC(OC(=O)c1ccccc1)C(O)C(O)COC(=O)c1ccccc1. The fourth-order valence-corrected chi connectivity index (χ4v) is 2.35. The summed E-state index contributed by atoms with van der Waals surface area (Å²) in [5.41, 5.74) is 0.499. The number of benzene rings is 2. The van der Waals surface area contributed by atoms with Crippen molar-refractivity contribution in [3.8, 4) is 0 Å². The number of hydrogen-bond acceptors (Lipinski definition) is 8. The number of aliphatic hydroxyl groups is 2. The average Bonchev–Trinajstić information content (AvgIpc) is 2.75. The summed E-state index contributed by atoms with van der Waals surface area (Å²) in [5, 5.41) is 20.5. The summed E-state index contributed by atoms with van der Waals surface area (Å²) in [7, 11) is 0. The highest BCUT2D eigenvalue weighted by Gasteiger charge is 2.32. The van der Waals surface area contributed by atoms with Gasteiger partial charge in [0.2, 0.25) is 0 Å². The molecular weight excluding hydrogens is 380 g/mol. The van der Waals surface area contributed by atoms with Crippen molar-refractivity contribution in [2.24, 2.45) is 0 Å². The van der Waals surface area contributed by atoms with Gasteiger partial charge in [-0.15, -0.1) is 0 Å². The van der Waals surface area contributed by atoms with Gasteiger partial charge in [-0.1, -0.05) is 36.4 Å². The van der Waals surface area contributed by atoms with Crippen LogP contribution in [0.3, 0.4) is 0 Å². The van der Waals surface area contributed by atoms with Crippen molar-refractivity contribution < 1.29 is 38.8 Å². The minimum Gasteiger partial charge on any atom is -0.462 e. The highest BCUT2D eigenvalue weighted by molar-refractivity contribution is 5.89. The molecule has 29 heavy (non-hydrogen) atoms. The van der Waals surface area contributed by atoms with Crippen LogP contribution in [0.4, 0.5) is 0 Å². The molecule has 0 radical (unpaired) electrons. The highest BCUT2D eigenvalue weighted by Crippen LogP contribution is 2.12. The molecular formula is C21H22O8. The van der Waals surface area contributed by atoms with Gasteiger partial charge in [-0.25, -0.2) is 9.59 Å². The molecule has 0 saturated heterocycles. The summed E-state index contributed by atoms with van der Waals surface area (Å²) >= 11 is 0. The lowest BCUT2D eigenvalue weighted by Crippen LogP contribution is -2.45. The number of esters is 3. The molecule has 2 N–H and O–H groups in total. The molecule has 0 aliphatic heterocycles. The third-order valence-electron chi connectivity index (χ3n) is 3.89. The summed E-state index contributed by atoms with van der Waals surface area (Å²) < 4.78 is 15.0. The van der Waals surface area contributed by atoms with Gasteiger partial charge in [-0.2, -0.15) is 0 Å². The van der Waals surface area contributed by atoms with Crippen molar-refractivity contribution in [3.05, 3.63) is 71.8 Å². The molecule has 0 saturated carbocycles. The molecule has 154 valence electrons. The molecule has 2 aromatic rings. The topological polar surface area (TPSA) is 119 Å². The van der Waals surface area contributed by atoms with Gasteiger partial charge in [0.25, 0.3) is 0 Å². The number of ether oxygens (including phenoxy) is 3. The monoisotopic (exact) mass is 402 g/mol. The first-order valence-corrected chi connectivity index (χ1v) is 8.86. The summed E-state index contributed by atoms with van der Waals surface area (Å²) in [6, 6.07) is 16.1. The Morgan fingerprint density at radius 2 is 1.31 bits per heavy atom. The second kappa shape index (κ2) is 10.9. The second-order valence-corrected chi connectivity index (χ2v) is 6.13. The molecule has 0 aromatic heterocycles. The van der Waals surface area contributed by atoms with Gasteiger partial charge < -0.3 is 24.4 Å². The lowest BCUT2D eigenvalue weighted by atomic mass is 10.1. The van der Waals surface area contributed by atoms with Crippen molar-refractivity contribution in [2.75, 3.05) is 13.2 Å². The Labute approximate surface area is 167 Å². The van der Waals surface area contributed by atoms with E-state index in [2.05, 4.69) is 0 Å². The van der Waals surface area contributed by atoms with E-state index in [1.165, 1.54) is 24.3 Å². The number of aliphatic hydroxyl groups excluding tert-OH is 2. The normalized spacial score (nSPS) is 13.6. The predicted octanol–water partition coefficient (Wildman–Crippen LogP) is 1.35. The molecule has 0 heterocycles. The van der Waals surface area contributed by atoms with Gasteiger partial charge in [-0.3, -0.25) is 4.79 Å². The van der Waals surface area contributed by atoms with Crippen LogP contribution >= 0.6 is 0 Å². The molecule has 2 rings (SSSR count). The Morgan fingerprint density at radius 1 is 0.793 bits per heavy atom. The van der Waals surface area contributed by atoms with E-state index >= 15 is 0 Å². The number of carbonyl (C=O) groups excluding carboxylic acids is 3. The number of carbonyl (C=O) groups is 3. The molecule has 3 unspecified atom stereocenters. The first-order chi connectivity index (χ1) is 13.9. The van der Waals surface area contributed by atoms with Crippen LogP contribution in [0.1, 0.15) is 27.6 Å². The van der Waals surface area contributed by atoms with Crippen LogP contribution in [0.15, 0.2) is 60.7 Å². The predicted molar refractivity (Wildman–Crippen MR) is 101 cm³/mol. The molecule has 2 aromatic carbocycles. The van der Waals surface area contributed by atoms with Crippen LogP contribution < -0.4 is 0 Å². The molecule has 8 heteroatoms. The molecule has 0 aliphatic carbocycles. The van der Waals surface area contributed by atoms with Crippen LogP contribution in [0.5, 0.6) is 0 Å². The van der Waals surface area contributed by atoms with Crippen LogP contribution in [-0.4, -0.2) is 59.6 Å². The fraction of sp³-hybridized carbons (Fsp3) is 0.286. The maximum atomic E-state index is 12.2. The van der Waals surface area contributed by atoms with Crippen molar-refractivity contribution in [1.29, 1.82) is 0 Å². The van der Waals surface area contributed by atoms with Gasteiger partial charge in [0.15, 0.2) is 6.10 Å². The Hall–Kier alpha value is -3.23. The lowest BCUT2D eigenvalue weighted by molar-refractivity contribution is -0.150. The minimum atomic E-state index is -1.66. The number of hydrogen-bond donors (Lipinski definition) is 2. The summed E-state index contributed by atoms with van der Waals surface area (Å²) in [4.78, 5) is 35.3. The summed E-state index contributed by atoms with van der Waals surface area (Å²) in [6.07, 6.45) is -4.60. The maximum Gasteiger partial charge on any atom is 0.338 e. The number of rotatable bonds is 9. The maximum absolute atomic E-state index is 12.2. The van der Waals surface area contributed by atoms with Crippen molar-refractivity contribution in [1.82, 2.24) is 0 Å². The van der Waals surface area contributed by atoms with Crippen LogP contribution in [0, 0.1) is 0 Å². The highest BCUT2D eigenvalue weighted by atomic mass is 16.6. The van der Waals surface area contributed by atoms with Gasteiger partial charge >= 0.3 is 17.9 Å². The summed E-state index contributed by atoms with van der Waals surface area (Å²) in [6.45, 7) is 0.133. The molecule has 0 bridgehead atoms. The zero-order valence-corrected chi connectivity index (χ0v) is 15.8. The van der Waals surface area contributed by atoms with Crippen LogP contribution in [-0.2, 0) is 19.0 Å². The Balaban J connectivity index is 1.99. The van der Waals surface area contributed by atoms with Crippen molar-refractivity contribution >= 4 is 17.9 Å². The van der Waals surface area contributed by atoms with Crippen LogP contribution in [0.2, 0.25) is 0 Å². The van der Waals surface area contributed by atoms with Crippen LogP contribution in [0.25, 0.3) is 0 Å². The van der Waals surface area contributed by atoms with Gasteiger partial charge in [0.05, 0.1) is 11.1 Å². The first kappa shape index (κ1) is 22.1. The van der Waals surface area contributed by atoms with E-state index in [-0.39, 0.29) is 11.1 Å². The zero-order chi connectivity index (χ0) is 21.2. The Morgan fingerprint density at radius 3 is 1.83 bits per heavy atom. The standard InChI is InChI=1S/C21H22O8/c1-14(22)27-13-18(29-21(26)16-10-6-3-7-11-16)19(24)17(23)12-28-20(25)15-8-4-2-5-9-15/h2-11,17-19,23-24H,12-13H2,1H3. The van der Waals surface area contributed by atoms with E-state index in [1.807, 2.05) is 0 Å². The molecule has 0 amide bonds. The van der Waals surface area contributed by atoms with Gasteiger partial charge in [0, 0.05) is 6.92 Å². The summed E-state index contributed by atoms with van der Waals surface area (Å²) in [5.74, 6) is -2.10. The minimum absolute atomic E-state index is 0.220. The fourth-order valence-electron chi connectivity index (χ4n) is 2.35. The van der Waals surface area contributed by atoms with E-state index in [4.69, 9.17) is 14.2 Å². The van der Waals surface area contributed by atoms with Gasteiger partial charge in [-0.05, 0) is 24.3 Å². The largest absolute Gasteiger partial charge is 0.462 e. The van der Waals surface area contributed by atoms with E-state index in [0.29, 0.717) is 0 Å². The third kappa shape index (κ3) is 7.02. The average molecular weight is 402 g/mol. The molecule has 0 fully saturated rings. The van der Waals surface area contributed by atoms with E-state index in [9.17, 15) is 24.6 Å². The van der Waals surface area contributed by atoms with Crippen molar-refractivity contribution in [2.45, 2.75) is 25.2 Å². The Bertz CT molecular complexity index is 806. The lowest BCUT2D eigenvalue weighted by Gasteiger charge is -2.26. The van der Waals surface area contributed by atoms with Gasteiger partial charge in [0.1, 0.15) is 25.4 Å². The molecule has 0 spiro atoms. The molecule has 0 aliphatic rings.